The minimum Gasteiger partial charge on any atom is -0.392 e. The van der Waals surface area contributed by atoms with E-state index in [1.165, 1.54) is 0 Å². The molecule has 6 nitrogen and oxygen atoms in total. The van der Waals surface area contributed by atoms with Gasteiger partial charge in [-0.05, 0) is 0 Å². The number of aliphatic hydroxyl groups is 2. The number of aliphatic hydroxyl groups excluding tert-OH is 2. The van der Waals surface area contributed by atoms with Crippen molar-refractivity contribution >= 4 is 12.2 Å². The van der Waals surface area contributed by atoms with Crippen LogP contribution >= 0.6 is 0 Å². The monoisotopic (exact) mass is 158 g/mol. The molecule has 0 radical (unpaired) electrons. The maximum absolute atomic E-state index is 9.71. The van der Waals surface area contributed by atoms with Crippen molar-refractivity contribution in [2.45, 2.75) is 5.66 Å². The van der Waals surface area contributed by atoms with Gasteiger partial charge in [-0.2, -0.15) is 9.98 Å². The van der Waals surface area contributed by atoms with Gasteiger partial charge in [0.15, 0.2) is 0 Å². The fourth-order valence-corrected chi connectivity index (χ4v) is 0.386. The fraction of sp³-hybridized carbons (Fsp3) is 0.600. The molecular formula is C5H6N2O4. The van der Waals surface area contributed by atoms with Crippen molar-refractivity contribution in [3.05, 3.63) is 0 Å². The highest BCUT2D eigenvalue weighted by molar-refractivity contribution is 5.39. The Hall–Kier alpha value is -1.32. The topological polar surface area (TPSA) is 99.3 Å². The molecule has 0 unspecified atom stereocenters. The Morgan fingerprint density at radius 2 is 1.45 bits per heavy atom. The Morgan fingerprint density at radius 1 is 1.09 bits per heavy atom. The van der Waals surface area contributed by atoms with E-state index in [0.29, 0.717) is 0 Å². The summed E-state index contributed by atoms with van der Waals surface area (Å²) in [6, 6.07) is 0. The average molecular weight is 158 g/mol. The Morgan fingerprint density at radius 3 is 1.64 bits per heavy atom. The molecule has 0 aromatic rings. The molecule has 0 spiro atoms. The maximum atomic E-state index is 9.71. The van der Waals surface area contributed by atoms with Crippen LogP contribution in [-0.2, 0) is 9.59 Å². The maximum Gasteiger partial charge on any atom is 0.237 e. The Labute approximate surface area is 61.9 Å². The molecule has 0 aliphatic rings. The fourth-order valence-electron chi connectivity index (χ4n) is 0.386. The molecule has 0 rings (SSSR count). The molecule has 0 saturated carbocycles. The number of hydrogen-bond acceptors (Lipinski definition) is 6. The Kier molecular flexibility index (Phi) is 3.95. The third kappa shape index (κ3) is 2.41. The van der Waals surface area contributed by atoms with Crippen LogP contribution in [0.3, 0.4) is 0 Å². The highest BCUT2D eigenvalue weighted by Crippen LogP contribution is 2.08. The highest BCUT2D eigenvalue weighted by Gasteiger charge is 2.27. The first kappa shape index (κ1) is 9.68. The zero-order valence-corrected chi connectivity index (χ0v) is 5.52. The second-order valence-corrected chi connectivity index (χ2v) is 1.70. The van der Waals surface area contributed by atoms with E-state index in [0.717, 1.165) is 12.2 Å². The van der Waals surface area contributed by atoms with E-state index in [2.05, 4.69) is 9.98 Å². The molecule has 0 aromatic carbocycles. The van der Waals surface area contributed by atoms with E-state index < -0.39 is 18.9 Å². The van der Waals surface area contributed by atoms with Crippen LogP contribution < -0.4 is 0 Å². The summed E-state index contributed by atoms with van der Waals surface area (Å²) >= 11 is 0. The van der Waals surface area contributed by atoms with Crippen molar-refractivity contribution in [2.75, 3.05) is 13.2 Å². The molecule has 0 bridgehead atoms. The summed E-state index contributed by atoms with van der Waals surface area (Å²) < 4.78 is 0. The number of hydrogen-bond donors (Lipinski definition) is 2. The predicted molar refractivity (Wildman–Crippen MR) is 33.1 cm³/mol. The van der Waals surface area contributed by atoms with Crippen molar-refractivity contribution in [1.82, 2.24) is 0 Å². The number of aliphatic imine (C=N–C) groups is 2. The molecule has 0 aliphatic heterocycles. The largest absolute Gasteiger partial charge is 0.392 e. The van der Waals surface area contributed by atoms with Gasteiger partial charge in [-0.25, -0.2) is 9.59 Å². The van der Waals surface area contributed by atoms with Crippen LogP contribution in [0.2, 0.25) is 0 Å². The van der Waals surface area contributed by atoms with Gasteiger partial charge in [0, 0.05) is 0 Å². The molecule has 11 heavy (non-hydrogen) atoms. The van der Waals surface area contributed by atoms with Gasteiger partial charge < -0.3 is 10.2 Å². The summed E-state index contributed by atoms with van der Waals surface area (Å²) in [6.07, 6.45) is 2.16. The normalized spacial score (nSPS) is 9.64. The van der Waals surface area contributed by atoms with Gasteiger partial charge in [-0.1, -0.05) is 0 Å². The van der Waals surface area contributed by atoms with E-state index in [1.54, 1.807) is 0 Å². The second-order valence-electron chi connectivity index (χ2n) is 1.70. The molecule has 6 heteroatoms. The summed E-state index contributed by atoms with van der Waals surface area (Å²) in [5.41, 5.74) is -1.80. The lowest BCUT2D eigenvalue weighted by Gasteiger charge is -2.14. The van der Waals surface area contributed by atoms with Crippen LogP contribution in [-0.4, -0.2) is 41.2 Å². The van der Waals surface area contributed by atoms with Crippen molar-refractivity contribution in [3.63, 3.8) is 0 Å². The smallest absolute Gasteiger partial charge is 0.237 e. The minimum absolute atomic E-state index is 0.742. The van der Waals surface area contributed by atoms with E-state index in [9.17, 15) is 9.59 Å². The van der Waals surface area contributed by atoms with Crippen LogP contribution in [0.5, 0.6) is 0 Å². The molecule has 60 valence electrons. The second kappa shape index (κ2) is 4.49. The summed E-state index contributed by atoms with van der Waals surface area (Å²) in [5.74, 6) is 0. The standard InChI is InChI=1S/C5H6N2O4/c8-1-5(2-9,6-3-10)7-4-11/h8-9H,1-2H2. The van der Waals surface area contributed by atoms with E-state index in [4.69, 9.17) is 10.2 Å². The zero-order valence-electron chi connectivity index (χ0n) is 5.52. The first-order valence-corrected chi connectivity index (χ1v) is 2.64. The first-order valence-electron chi connectivity index (χ1n) is 2.64. The third-order valence-corrected chi connectivity index (χ3v) is 1.01. The number of isocyanates is 2. The van der Waals surface area contributed by atoms with Gasteiger partial charge in [0.2, 0.25) is 17.8 Å². The quantitative estimate of drug-likeness (QED) is 0.377. The molecule has 0 fully saturated rings. The molecule has 0 amide bonds. The number of rotatable bonds is 4. The molecule has 0 aliphatic carbocycles. The summed E-state index contributed by atoms with van der Waals surface area (Å²) in [4.78, 5) is 25.3. The van der Waals surface area contributed by atoms with Crippen LogP contribution in [0.4, 0.5) is 0 Å². The Balaban J connectivity index is 4.72. The lowest BCUT2D eigenvalue weighted by Crippen LogP contribution is -2.32. The van der Waals surface area contributed by atoms with Gasteiger partial charge in [-0.15, -0.1) is 0 Å². The highest BCUT2D eigenvalue weighted by atomic mass is 16.3. The summed E-state index contributed by atoms with van der Waals surface area (Å²) in [6.45, 7) is -1.48. The Bertz CT molecular complexity index is 191. The molecule has 0 aromatic heterocycles. The van der Waals surface area contributed by atoms with Gasteiger partial charge >= 0.3 is 0 Å². The van der Waals surface area contributed by atoms with E-state index in [1.807, 2.05) is 0 Å². The number of nitrogens with zero attached hydrogens (tertiary/aromatic N) is 2. The van der Waals surface area contributed by atoms with Crippen LogP contribution in [0.1, 0.15) is 0 Å². The lowest BCUT2D eigenvalue weighted by molar-refractivity contribution is 0.129. The predicted octanol–water partition coefficient (Wildman–Crippen LogP) is -1.66. The zero-order chi connectivity index (χ0) is 8.74. The third-order valence-electron chi connectivity index (χ3n) is 1.01. The molecule has 0 saturated heterocycles. The minimum atomic E-state index is -1.80. The molecule has 2 N–H and O–H groups in total. The van der Waals surface area contributed by atoms with Gasteiger partial charge in [-0.3, -0.25) is 0 Å². The van der Waals surface area contributed by atoms with Crippen molar-refractivity contribution in [1.29, 1.82) is 0 Å². The summed E-state index contributed by atoms with van der Waals surface area (Å²) in [5, 5.41) is 17.1. The number of carbonyl (C=O) groups excluding carboxylic acids is 2. The molecule has 0 atom stereocenters. The van der Waals surface area contributed by atoms with Crippen molar-refractivity contribution in [2.24, 2.45) is 9.98 Å². The first-order chi connectivity index (χ1) is 5.24. The van der Waals surface area contributed by atoms with Crippen molar-refractivity contribution in [3.8, 4) is 0 Å². The van der Waals surface area contributed by atoms with E-state index >= 15 is 0 Å². The van der Waals surface area contributed by atoms with Crippen LogP contribution in [0.25, 0.3) is 0 Å². The van der Waals surface area contributed by atoms with Crippen LogP contribution in [0.15, 0.2) is 9.98 Å². The van der Waals surface area contributed by atoms with Gasteiger partial charge in [0.05, 0.1) is 13.2 Å². The molecule has 0 heterocycles. The SMILES string of the molecule is O=C=NC(CO)(CO)N=C=O. The van der Waals surface area contributed by atoms with Crippen molar-refractivity contribution < 1.29 is 19.8 Å². The van der Waals surface area contributed by atoms with E-state index in [-0.39, 0.29) is 0 Å². The lowest BCUT2D eigenvalue weighted by atomic mass is 10.2. The van der Waals surface area contributed by atoms with Gasteiger partial charge in [0.25, 0.3) is 0 Å². The van der Waals surface area contributed by atoms with Crippen LogP contribution in [0, 0.1) is 0 Å². The summed E-state index contributed by atoms with van der Waals surface area (Å²) in [7, 11) is 0. The average Bonchev–Trinajstić information content (AvgIpc) is 2.04. The molecular weight excluding hydrogens is 152 g/mol. The van der Waals surface area contributed by atoms with Gasteiger partial charge in [0.1, 0.15) is 0 Å².